The smallest absolute Gasteiger partial charge is 0.273 e. The van der Waals surface area contributed by atoms with Crippen molar-refractivity contribution in [2.24, 2.45) is 11.7 Å². The second kappa shape index (κ2) is 9.53. The molecule has 1 saturated heterocycles. The fourth-order valence-electron chi connectivity index (χ4n) is 3.09. The number of rotatable bonds is 3. The lowest BCUT2D eigenvalue weighted by molar-refractivity contribution is 0.0568. The molecule has 2 heterocycles. The molecule has 1 amide bonds. The van der Waals surface area contributed by atoms with Crippen LogP contribution in [-0.4, -0.2) is 34.9 Å². The number of piperidine rings is 1. The van der Waals surface area contributed by atoms with Gasteiger partial charge in [-0.1, -0.05) is 36.8 Å². The van der Waals surface area contributed by atoms with E-state index in [9.17, 15) is 4.79 Å². The highest BCUT2D eigenvalue weighted by molar-refractivity contribution is 7.13. The van der Waals surface area contributed by atoms with Crippen LogP contribution >= 0.6 is 36.2 Å². The lowest BCUT2D eigenvalue weighted by Gasteiger charge is -2.37. The van der Waals surface area contributed by atoms with Crippen LogP contribution in [0.3, 0.4) is 0 Å². The molecule has 1 aromatic heterocycles. The molecule has 2 atom stereocenters. The van der Waals surface area contributed by atoms with E-state index in [-0.39, 0.29) is 36.8 Å². The molecule has 3 rings (SSSR count). The third kappa shape index (κ3) is 4.94. The quantitative estimate of drug-likeness (QED) is 0.839. The number of nitrogens with two attached hydrogens (primary N) is 1. The van der Waals surface area contributed by atoms with E-state index < -0.39 is 0 Å². The van der Waals surface area contributed by atoms with E-state index in [1.54, 1.807) is 0 Å². The number of likely N-dealkylation sites (tertiary alicyclic amines) is 1. The van der Waals surface area contributed by atoms with Gasteiger partial charge in [0, 0.05) is 30.1 Å². The first-order valence-electron chi connectivity index (χ1n) is 8.12. The van der Waals surface area contributed by atoms with E-state index in [2.05, 4.69) is 31.0 Å². The number of halogens is 2. The Hall–Kier alpha value is -1.14. The molecule has 0 aliphatic carbocycles. The molecule has 1 aliphatic rings. The normalized spacial score (nSPS) is 19.7. The lowest BCUT2D eigenvalue weighted by atomic mass is 9.92. The molecule has 0 spiro atoms. The van der Waals surface area contributed by atoms with Crippen LogP contribution in [-0.2, 0) is 0 Å². The van der Waals surface area contributed by atoms with Crippen LogP contribution in [0, 0.1) is 12.8 Å². The Balaban J connectivity index is 0.00000156. The Morgan fingerprint density at radius 2 is 2.00 bits per heavy atom. The first kappa shape index (κ1) is 21.9. The van der Waals surface area contributed by atoms with Gasteiger partial charge < -0.3 is 10.6 Å². The minimum absolute atomic E-state index is 0. The highest BCUT2D eigenvalue weighted by Crippen LogP contribution is 2.27. The highest BCUT2D eigenvalue weighted by atomic mass is 35.5. The Kier molecular flexibility index (Phi) is 8.35. The standard InChI is InChI=1S/C18H23N3OS.2ClH/c1-12-3-5-14(6-4-12)17-20-16(11-23-17)18(22)21-8-7-13(2)9-15(21)10-19;;/h3-6,11,13,15H,7-10,19H2,1-2H3;2*1H. The summed E-state index contributed by atoms with van der Waals surface area (Å²) in [5.41, 5.74) is 8.69. The Morgan fingerprint density at radius 1 is 1.32 bits per heavy atom. The number of nitrogens with zero attached hydrogens (tertiary/aromatic N) is 2. The van der Waals surface area contributed by atoms with Crippen LogP contribution in [0.2, 0.25) is 0 Å². The van der Waals surface area contributed by atoms with Crippen molar-refractivity contribution < 1.29 is 4.79 Å². The molecular formula is C18H25Cl2N3OS. The number of benzene rings is 1. The van der Waals surface area contributed by atoms with Gasteiger partial charge in [0.15, 0.2) is 0 Å². The molecule has 0 bridgehead atoms. The van der Waals surface area contributed by atoms with Crippen LogP contribution in [0.15, 0.2) is 29.6 Å². The minimum Gasteiger partial charge on any atom is -0.333 e. The van der Waals surface area contributed by atoms with E-state index >= 15 is 0 Å². The molecule has 25 heavy (non-hydrogen) atoms. The number of aromatic nitrogens is 1. The zero-order valence-electron chi connectivity index (χ0n) is 14.5. The van der Waals surface area contributed by atoms with Crippen LogP contribution in [0.1, 0.15) is 35.8 Å². The van der Waals surface area contributed by atoms with Crippen molar-refractivity contribution in [1.82, 2.24) is 9.88 Å². The van der Waals surface area contributed by atoms with Crippen molar-refractivity contribution in [1.29, 1.82) is 0 Å². The molecule has 138 valence electrons. The van der Waals surface area contributed by atoms with Gasteiger partial charge >= 0.3 is 0 Å². The zero-order valence-corrected chi connectivity index (χ0v) is 16.9. The topological polar surface area (TPSA) is 59.2 Å². The number of carbonyl (C=O) groups excluding carboxylic acids is 1. The average Bonchev–Trinajstić information content (AvgIpc) is 3.04. The van der Waals surface area contributed by atoms with Crippen molar-refractivity contribution >= 4 is 42.1 Å². The molecule has 0 saturated carbocycles. The predicted molar refractivity (Wildman–Crippen MR) is 109 cm³/mol. The van der Waals surface area contributed by atoms with Crippen molar-refractivity contribution in [3.8, 4) is 10.6 Å². The maximum Gasteiger partial charge on any atom is 0.273 e. The number of carbonyl (C=O) groups is 1. The van der Waals surface area contributed by atoms with Crippen molar-refractivity contribution in [3.05, 3.63) is 40.9 Å². The van der Waals surface area contributed by atoms with Crippen LogP contribution in [0.4, 0.5) is 0 Å². The van der Waals surface area contributed by atoms with Crippen LogP contribution in [0.5, 0.6) is 0 Å². The van der Waals surface area contributed by atoms with E-state index in [1.165, 1.54) is 16.9 Å². The summed E-state index contributed by atoms with van der Waals surface area (Å²) in [5, 5.41) is 2.76. The van der Waals surface area contributed by atoms with Gasteiger partial charge in [-0.3, -0.25) is 4.79 Å². The molecule has 4 nitrogen and oxygen atoms in total. The van der Waals surface area contributed by atoms with E-state index in [0.717, 1.165) is 30.0 Å². The van der Waals surface area contributed by atoms with E-state index in [1.807, 2.05) is 22.4 Å². The average molecular weight is 402 g/mol. The molecule has 1 fully saturated rings. The second-order valence-corrected chi connectivity index (χ2v) is 7.28. The Morgan fingerprint density at radius 3 is 2.64 bits per heavy atom. The van der Waals surface area contributed by atoms with Gasteiger partial charge in [0.25, 0.3) is 5.91 Å². The number of hydrogen-bond donors (Lipinski definition) is 1. The van der Waals surface area contributed by atoms with E-state index in [4.69, 9.17) is 5.73 Å². The van der Waals surface area contributed by atoms with Crippen molar-refractivity contribution in [2.75, 3.05) is 13.1 Å². The van der Waals surface area contributed by atoms with Crippen molar-refractivity contribution in [2.45, 2.75) is 32.7 Å². The lowest BCUT2D eigenvalue weighted by Crippen LogP contribution is -2.49. The largest absolute Gasteiger partial charge is 0.333 e. The highest BCUT2D eigenvalue weighted by Gasteiger charge is 2.30. The molecule has 1 aromatic carbocycles. The number of hydrogen-bond acceptors (Lipinski definition) is 4. The third-order valence-electron chi connectivity index (χ3n) is 4.53. The number of thiazole rings is 1. The third-order valence-corrected chi connectivity index (χ3v) is 5.42. The summed E-state index contributed by atoms with van der Waals surface area (Å²) in [6.45, 7) is 5.58. The van der Waals surface area contributed by atoms with Gasteiger partial charge in [0.2, 0.25) is 0 Å². The summed E-state index contributed by atoms with van der Waals surface area (Å²) < 4.78 is 0. The molecule has 2 N–H and O–H groups in total. The first-order valence-corrected chi connectivity index (χ1v) is 9.00. The molecule has 7 heteroatoms. The maximum absolute atomic E-state index is 12.8. The van der Waals surface area contributed by atoms with Crippen molar-refractivity contribution in [3.63, 3.8) is 0 Å². The SMILES string of the molecule is Cc1ccc(-c2nc(C(=O)N3CCC(C)CC3CN)cs2)cc1.Cl.Cl. The minimum atomic E-state index is 0. The fourth-order valence-corrected chi connectivity index (χ4v) is 3.89. The molecule has 0 radical (unpaired) electrons. The number of amides is 1. The predicted octanol–water partition coefficient (Wildman–Crippen LogP) is 4.16. The zero-order chi connectivity index (χ0) is 16.4. The van der Waals surface area contributed by atoms with Gasteiger partial charge in [-0.2, -0.15) is 0 Å². The van der Waals surface area contributed by atoms with Crippen LogP contribution < -0.4 is 5.73 Å². The van der Waals surface area contributed by atoms with Gasteiger partial charge in [0.05, 0.1) is 0 Å². The molecule has 1 aliphatic heterocycles. The molecule has 2 unspecified atom stereocenters. The second-order valence-electron chi connectivity index (χ2n) is 6.42. The maximum atomic E-state index is 12.8. The Bertz CT molecular complexity index is 690. The number of aryl methyl sites for hydroxylation is 1. The summed E-state index contributed by atoms with van der Waals surface area (Å²) in [5.74, 6) is 0.646. The van der Waals surface area contributed by atoms with Gasteiger partial charge in [-0.05, 0) is 25.7 Å². The van der Waals surface area contributed by atoms with Gasteiger partial charge in [-0.25, -0.2) is 4.98 Å². The summed E-state index contributed by atoms with van der Waals surface area (Å²) in [6, 6.07) is 8.36. The van der Waals surface area contributed by atoms with Crippen LogP contribution in [0.25, 0.3) is 10.6 Å². The fraction of sp³-hybridized carbons (Fsp3) is 0.444. The summed E-state index contributed by atoms with van der Waals surface area (Å²) in [4.78, 5) is 19.3. The molecular weight excluding hydrogens is 377 g/mol. The summed E-state index contributed by atoms with van der Waals surface area (Å²) in [6.07, 6.45) is 2.02. The molecule has 2 aromatic rings. The summed E-state index contributed by atoms with van der Waals surface area (Å²) in [7, 11) is 0. The van der Waals surface area contributed by atoms with Gasteiger partial charge in [0.1, 0.15) is 10.7 Å². The summed E-state index contributed by atoms with van der Waals surface area (Å²) >= 11 is 1.52. The first-order chi connectivity index (χ1) is 11.1. The van der Waals surface area contributed by atoms with Gasteiger partial charge in [-0.15, -0.1) is 36.2 Å². The Labute approximate surface area is 165 Å². The monoisotopic (exact) mass is 401 g/mol. The van der Waals surface area contributed by atoms with E-state index in [0.29, 0.717) is 18.2 Å².